The number of hydrogen-bond acceptors (Lipinski definition) is 5. The van der Waals surface area contributed by atoms with Crippen LogP contribution < -0.4 is 0 Å². The fraction of sp³-hybridized carbons (Fsp3) is 0.0930. The fourth-order valence-corrected chi connectivity index (χ4v) is 8.54. The minimum absolute atomic E-state index is 0.0416. The number of benzene rings is 5. The van der Waals surface area contributed by atoms with Crippen LogP contribution in [0.3, 0.4) is 0 Å². The van der Waals surface area contributed by atoms with E-state index in [1.54, 1.807) is 0 Å². The molecule has 48 heavy (non-hydrogen) atoms. The molecule has 0 spiro atoms. The Morgan fingerprint density at radius 2 is 1.48 bits per heavy atom. The Bertz CT molecular complexity index is 2670. The molecule has 5 heteroatoms. The maximum atomic E-state index is 6.18. The second-order valence-corrected chi connectivity index (χ2v) is 13.7. The van der Waals surface area contributed by atoms with Crippen molar-refractivity contribution < 1.29 is 4.42 Å². The molecule has 0 aliphatic heterocycles. The third-order valence-corrected chi connectivity index (χ3v) is 10.9. The summed E-state index contributed by atoms with van der Waals surface area (Å²) in [6.07, 6.45) is 14.0. The molecule has 0 saturated heterocycles. The van der Waals surface area contributed by atoms with Crippen molar-refractivity contribution >= 4 is 65.1 Å². The minimum Gasteiger partial charge on any atom is -0.456 e. The van der Waals surface area contributed by atoms with Crippen LogP contribution in [0, 0.1) is 0 Å². The normalized spacial score (nSPS) is 15.8. The van der Waals surface area contributed by atoms with E-state index in [-0.39, 0.29) is 5.92 Å². The number of para-hydroxylation sites is 1. The number of thiophene rings is 1. The quantitative estimate of drug-likeness (QED) is 0.193. The van der Waals surface area contributed by atoms with Gasteiger partial charge in [0.15, 0.2) is 11.6 Å². The minimum atomic E-state index is 0.0416. The van der Waals surface area contributed by atoms with E-state index < -0.39 is 0 Å². The number of furan rings is 1. The molecule has 3 aromatic heterocycles. The molecular weight excluding hydrogens is 607 g/mol. The van der Waals surface area contributed by atoms with E-state index in [1.807, 2.05) is 23.5 Å². The van der Waals surface area contributed by atoms with Gasteiger partial charge in [-0.05, 0) is 71.8 Å². The zero-order valence-corrected chi connectivity index (χ0v) is 26.9. The first kappa shape index (κ1) is 27.5. The Morgan fingerprint density at radius 1 is 0.667 bits per heavy atom. The topological polar surface area (TPSA) is 51.8 Å². The smallest absolute Gasteiger partial charge is 0.165 e. The van der Waals surface area contributed by atoms with Gasteiger partial charge in [0.1, 0.15) is 17.0 Å². The van der Waals surface area contributed by atoms with Gasteiger partial charge in [-0.15, -0.1) is 11.3 Å². The van der Waals surface area contributed by atoms with Crippen LogP contribution in [0.1, 0.15) is 41.5 Å². The average molecular weight is 636 g/mol. The maximum Gasteiger partial charge on any atom is 0.165 e. The van der Waals surface area contributed by atoms with Gasteiger partial charge in [-0.2, -0.15) is 0 Å². The molecule has 0 amide bonds. The predicted octanol–water partition coefficient (Wildman–Crippen LogP) is 11.6. The summed E-state index contributed by atoms with van der Waals surface area (Å²) in [5.74, 6) is 2.34. The fourth-order valence-electron chi connectivity index (χ4n) is 7.33. The van der Waals surface area contributed by atoms with E-state index >= 15 is 0 Å². The molecule has 0 fully saturated rings. The van der Waals surface area contributed by atoms with E-state index in [2.05, 4.69) is 121 Å². The number of allylic oxidation sites excluding steroid dienone is 5. The molecular formula is C43H29N3OS. The average Bonchev–Trinajstić information content (AvgIpc) is 3.73. The first-order valence-corrected chi connectivity index (χ1v) is 17.3. The van der Waals surface area contributed by atoms with Gasteiger partial charge in [0.25, 0.3) is 0 Å². The van der Waals surface area contributed by atoms with Crippen LogP contribution >= 0.6 is 11.3 Å². The zero-order valence-electron chi connectivity index (χ0n) is 26.1. The molecule has 3 heterocycles. The molecule has 2 aliphatic rings. The Labute approximate surface area is 281 Å². The van der Waals surface area contributed by atoms with Crippen LogP contribution in [0.2, 0.25) is 0 Å². The van der Waals surface area contributed by atoms with E-state index in [4.69, 9.17) is 19.4 Å². The summed E-state index contributed by atoms with van der Waals surface area (Å²) in [6.45, 7) is 0. The summed E-state index contributed by atoms with van der Waals surface area (Å²) in [6, 6.07) is 36.5. The lowest BCUT2D eigenvalue weighted by Crippen LogP contribution is -2.13. The molecule has 1 unspecified atom stereocenters. The molecule has 0 bridgehead atoms. The van der Waals surface area contributed by atoms with Crippen LogP contribution in [0.15, 0.2) is 132 Å². The maximum absolute atomic E-state index is 6.18. The Hall–Kier alpha value is -5.65. The van der Waals surface area contributed by atoms with Gasteiger partial charge in [0.05, 0.1) is 0 Å². The van der Waals surface area contributed by atoms with Crippen molar-refractivity contribution in [1.29, 1.82) is 0 Å². The van der Waals surface area contributed by atoms with Gasteiger partial charge in [0, 0.05) is 48.0 Å². The van der Waals surface area contributed by atoms with Crippen molar-refractivity contribution in [1.82, 2.24) is 15.0 Å². The van der Waals surface area contributed by atoms with Crippen LogP contribution in [0.4, 0.5) is 0 Å². The summed E-state index contributed by atoms with van der Waals surface area (Å²) in [5, 5.41) is 4.83. The molecule has 0 radical (unpaired) electrons. The molecule has 4 nitrogen and oxygen atoms in total. The van der Waals surface area contributed by atoms with Gasteiger partial charge < -0.3 is 4.42 Å². The highest BCUT2D eigenvalue weighted by atomic mass is 32.1. The highest BCUT2D eigenvalue weighted by Gasteiger charge is 2.23. The second-order valence-electron chi connectivity index (χ2n) is 12.6. The van der Waals surface area contributed by atoms with Gasteiger partial charge in [0.2, 0.25) is 0 Å². The van der Waals surface area contributed by atoms with Crippen molar-refractivity contribution in [2.75, 3.05) is 0 Å². The number of hydrogen-bond donors (Lipinski definition) is 0. The number of nitrogens with zero attached hydrogens (tertiary/aromatic N) is 3. The van der Waals surface area contributed by atoms with E-state index in [9.17, 15) is 0 Å². The van der Waals surface area contributed by atoms with Crippen LogP contribution in [0.5, 0.6) is 0 Å². The van der Waals surface area contributed by atoms with Crippen molar-refractivity contribution in [2.24, 2.45) is 0 Å². The third-order valence-electron chi connectivity index (χ3n) is 9.69. The summed E-state index contributed by atoms with van der Waals surface area (Å²) >= 11 is 1.81. The molecule has 1 atom stereocenters. The number of aromatic nitrogens is 3. The summed E-state index contributed by atoms with van der Waals surface area (Å²) in [5.41, 5.74) is 8.86. The molecule has 8 aromatic rings. The standard InChI is InChI=1S/C43H29N3OS/c1-2-10-26(11-3-1)41-44-42(46-43(45-41)35-16-8-15-33-32-12-5-7-19-38(32)48-40(33)35)30-23-21-27-24-29(22-20-28(27)25-30)31-14-9-18-37-39(31)34-13-4-6-17-36(34)47-37/h2,4-24,30H,1,3,25H2. The predicted molar refractivity (Wildman–Crippen MR) is 199 cm³/mol. The highest BCUT2D eigenvalue weighted by molar-refractivity contribution is 7.26. The zero-order chi connectivity index (χ0) is 31.6. The first-order chi connectivity index (χ1) is 23.8. The Balaban J connectivity index is 1.06. The van der Waals surface area contributed by atoms with Gasteiger partial charge in [-0.3, -0.25) is 0 Å². The summed E-state index contributed by atoms with van der Waals surface area (Å²) in [7, 11) is 0. The second kappa shape index (κ2) is 11.0. The SMILES string of the molecule is C1=CC(c2nc(-c3cccc4c3sc3ccccc34)nc(C3C=Cc4cc(-c5cccc6oc7ccccc7c56)ccc4C3)n2)=CCC1. The number of rotatable bonds is 4. The van der Waals surface area contributed by atoms with Crippen LogP contribution in [0.25, 0.3) is 76.3 Å². The largest absolute Gasteiger partial charge is 0.456 e. The lowest BCUT2D eigenvalue weighted by molar-refractivity contribution is 0.669. The van der Waals surface area contributed by atoms with Crippen LogP contribution in [-0.4, -0.2) is 15.0 Å². The third kappa shape index (κ3) is 4.46. The van der Waals surface area contributed by atoms with Crippen molar-refractivity contribution in [3.63, 3.8) is 0 Å². The monoisotopic (exact) mass is 635 g/mol. The molecule has 0 saturated carbocycles. The van der Waals surface area contributed by atoms with Crippen LogP contribution in [-0.2, 0) is 6.42 Å². The highest BCUT2D eigenvalue weighted by Crippen LogP contribution is 2.41. The van der Waals surface area contributed by atoms with Crippen molar-refractivity contribution in [3.05, 3.63) is 150 Å². The molecule has 228 valence electrons. The lowest BCUT2D eigenvalue weighted by atomic mass is 9.86. The molecule has 2 aliphatic carbocycles. The summed E-state index contributed by atoms with van der Waals surface area (Å²) in [4.78, 5) is 15.4. The molecule has 10 rings (SSSR count). The molecule has 5 aromatic carbocycles. The van der Waals surface area contributed by atoms with Crippen molar-refractivity contribution in [3.8, 4) is 22.5 Å². The molecule has 0 N–H and O–H groups in total. The van der Waals surface area contributed by atoms with Gasteiger partial charge >= 0.3 is 0 Å². The van der Waals surface area contributed by atoms with E-state index in [1.165, 1.54) is 42.4 Å². The van der Waals surface area contributed by atoms with Gasteiger partial charge in [-0.1, -0.05) is 103 Å². The number of fused-ring (bicyclic) bond motifs is 7. The Kier molecular flexibility index (Phi) is 6.27. The van der Waals surface area contributed by atoms with E-state index in [0.717, 1.165) is 69.8 Å². The van der Waals surface area contributed by atoms with Crippen molar-refractivity contribution in [2.45, 2.75) is 25.2 Å². The summed E-state index contributed by atoms with van der Waals surface area (Å²) < 4.78 is 8.67. The van der Waals surface area contributed by atoms with E-state index in [0.29, 0.717) is 0 Å². The van der Waals surface area contributed by atoms with Gasteiger partial charge in [-0.25, -0.2) is 15.0 Å². The first-order valence-electron chi connectivity index (χ1n) is 16.5. The Morgan fingerprint density at radius 3 is 2.42 bits per heavy atom. The lowest BCUT2D eigenvalue weighted by Gasteiger charge is -2.20.